The third kappa shape index (κ3) is 3.60. The van der Waals surface area contributed by atoms with Crippen molar-refractivity contribution < 1.29 is 21.9 Å². The van der Waals surface area contributed by atoms with Crippen LogP contribution in [0.25, 0.3) is 27.8 Å². The van der Waals surface area contributed by atoms with Crippen molar-refractivity contribution in [2.75, 3.05) is 0 Å². The molecule has 0 saturated heterocycles. The van der Waals surface area contributed by atoms with E-state index in [4.69, 9.17) is 9.88 Å². The molecule has 9 heteroatoms. The summed E-state index contributed by atoms with van der Waals surface area (Å²) in [6.07, 6.45) is 6.86. The maximum Gasteiger partial charge on any atom is 0.238 e. The second-order valence-corrected chi connectivity index (χ2v) is 8.04. The van der Waals surface area contributed by atoms with E-state index in [0.29, 0.717) is 33.8 Å². The van der Waals surface area contributed by atoms with Crippen molar-refractivity contribution in [3.05, 3.63) is 72.1 Å². The van der Waals surface area contributed by atoms with E-state index in [0.717, 1.165) is 5.56 Å². The van der Waals surface area contributed by atoms with Crippen LogP contribution >= 0.6 is 0 Å². The third-order valence-electron chi connectivity index (χ3n) is 4.44. The first kappa shape index (κ1) is 19.9. The number of halogens is 2. The minimum absolute atomic E-state index is 0.0418. The van der Waals surface area contributed by atoms with Crippen LogP contribution in [0.1, 0.15) is 12.5 Å². The lowest BCUT2D eigenvalue weighted by molar-refractivity contribution is 0.397. The number of hydrogen-bond donors (Lipinski definition) is 1. The van der Waals surface area contributed by atoms with Crippen LogP contribution in [0, 0.1) is 11.6 Å². The van der Waals surface area contributed by atoms with E-state index in [1.54, 1.807) is 12.3 Å². The van der Waals surface area contributed by atoms with Crippen LogP contribution in [0.5, 0.6) is 11.6 Å². The molecule has 0 spiro atoms. The van der Waals surface area contributed by atoms with Gasteiger partial charge >= 0.3 is 0 Å². The van der Waals surface area contributed by atoms with E-state index < -0.39 is 32.3 Å². The molecule has 4 aromatic rings. The molecule has 0 aliphatic rings. The van der Waals surface area contributed by atoms with Gasteiger partial charge in [-0.1, -0.05) is 24.3 Å². The molecule has 2 aromatic carbocycles. The average Bonchev–Trinajstić information content (AvgIpc) is 2.69. The Balaban J connectivity index is 1.90. The molecule has 0 fully saturated rings. The fourth-order valence-corrected chi connectivity index (χ4v) is 3.64. The van der Waals surface area contributed by atoms with Gasteiger partial charge in [0.1, 0.15) is 0 Å². The van der Waals surface area contributed by atoms with Gasteiger partial charge < -0.3 is 4.74 Å². The first-order valence-corrected chi connectivity index (χ1v) is 10.3. The molecule has 6 nitrogen and oxygen atoms in total. The molecule has 0 radical (unpaired) electrons. The fourth-order valence-electron chi connectivity index (χ4n) is 3.11. The monoisotopic (exact) mass is 427 g/mol. The van der Waals surface area contributed by atoms with Gasteiger partial charge in [0, 0.05) is 23.2 Å². The topological polar surface area (TPSA) is 95.2 Å². The van der Waals surface area contributed by atoms with Crippen molar-refractivity contribution in [3.8, 4) is 11.6 Å². The number of hydrogen-bond acceptors (Lipinski definition) is 5. The molecule has 2 N–H and O–H groups in total. The molecule has 152 valence electrons. The van der Waals surface area contributed by atoms with Gasteiger partial charge in [0.2, 0.25) is 21.7 Å². The van der Waals surface area contributed by atoms with E-state index in [2.05, 4.69) is 9.97 Å². The first-order chi connectivity index (χ1) is 14.3. The number of primary sulfonamides is 1. The van der Waals surface area contributed by atoms with Crippen LogP contribution < -0.4 is 9.88 Å². The molecule has 2 heterocycles. The van der Waals surface area contributed by atoms with Gasteiger partial charge in [-0.2, -0.15) is 0 Å². The number of allylic oxidation sites excluding steroid dienone is 1. The molecule has 0 amide bonds. The molecule has 30 heavy (non-hydrogen) atoms. The van der Waals surface area contributed by atoms with E-state index in [9.17, 15) is 17.2 Å². The van der Waals surface area contributed by atoms with Crippen molar-refractivity contribution in [2.45, 2.75) is 11.8 Å². The predicted octanol–water partition coefficient (Wildman–Crippen LogP) is 4.53. The summed E-state index contributed by atoms with van der Waals surface area (Å²) in [4.78, 5) is 7.86. The molecule has 0 aliphatic carbocycles. The molecular weight excluding hydrogens is 412 g/mol. The van der Waals surface area contributed by atoms with Gasteiger partial charge in [-0.05, 0) is 36.8 Å². The summed E-state index contributed by atoms with van der Waals surface area (Å²) in [7, 11) is -4.27. The molecule has 2 aromatic heterocycles. The lowest BCUT2D eigenvalue weighted by Gasteiger charge is -2.12. The van der Waals surface area contributed by atoms with Gasteiger partial charge in [-0.15, -0.1) is 0 Å². The van der Waals surface area contributed by atoms with Gasteiger partial charge in [0.25, 0.3) is 0 Å². The molecule has 0 aliphatic heterocycles. The summed E-state index contributed by atoms with van der Waals surface area (Å²) in [6.45, 7) is 1.90. The van der Waals surface area contributed by atoms with Crippen molar-refractivity contribution in [3.63, 3.8) is 0 Å². The Morgan fingerprint density at radius 1 is 1.07 bits per heavy atom. The minimum Gasteiger partial charge on any atom is -0.432 e. The van der Waals surface area contributed by atoms with E-state index >= 15 is 0 Å². The highest BCUT2D eigenvalue weighted by Gasteiger charge is 2.20. The largest absolute Gasteiger partial charge is 0.432 e. The van der Waals surface area contributed by atoms with Crippen LogP contribution in [0.2, 0.25) is 0 Å². The lowest BCUT2D eigenvalue weighted by Crippen LogP contribution is -2.13. The van der Waals surface area contributed by atoms with Gasteiger partial charge in [-0.3, -0.25) is 4.98 Å². The SMILES string of the molecule is C/C=C/c1ccc2c(c1)ncc1ccnc(Oc3c(F)cc(S(N)(=O)=O)cc3F)c12. The van der Waals surface area contributed by atoms with Gasteiger partial charge in [-0.25, -0.2) is 27.3 Å². The standard InChI is InChI=1S/C21H15F2N3O3S/c1-2-3-12-4-5-15-18(8-12)26-11-13-6-7-25-21(19(13)15)29-20-16(22)9-14(10-17(20)23)30(24,27)28/h2-11H,1H3,(H2,24,27,28)/b3-2+. The molecular formula is C21H15F2N3O3S. The van der Waals surface area contributed by atoms with Crippen LogP contribution in [-0.4, -0.2) is 18.4 Å². The zero-order valence-electron chi connectivity index (χ0n) is 15.6. The second-order valence-electron chi connectivity index (χ2n) is 6.48. The lowest BCUT2D eigenvalue weighted by atomic mass is 10.1. The fraction of sp³-hybridized carbons (Fsp3) is 0.0476. The summed E-state index contributed by atoms with van der Waals surface area (Å²) < 4.78 is 57.1. The first-order valence-electron chi connectivity index (χ1n) is 8.78. The second kappa shape index (κ2) is 7.43. The number of ether oxygens (including phenoxy) is 1. The average molecular weight is 427 g/mol. The Bertz CT molecular complexity index is 1410. The Morgan fingerprint density at radius 3 is 2.47 bits per heavy atom. The van der Waals surface area contributed by atoms with Gasteiger partial charge in [0.15, 0.2) is 11.6 Å². The molecule has 0 atom stereocenters. The van der Waals surface area contributed by atoms with E-state index in [-0.39, 0.29) is 5.88 Å². The maximum atomic E-state index is 14.4. The zero-order valence-corrected chi connectivity index (χ0v) is 16.5. The summed E-state index contributed by atoms with van der Waals surface area (Å²) in [5.74, 6) is -3.25. The number of sulfonamides is 1. The van der Waals surface area contributed by atoms with Crippen molar-refractivity contribution in [1.29, 1.82) is 0 Å². The minimum atomic E-state index is -4.27. The number of pyridine rings is 2. The van der Waals surface area contributed by atoms with Crippen molar-refractivity contribution in [1.82, 2.24) is 9.97 Å². The molecule has 4 rings (SSSR count). The highest BCUT2D eigenvalue weighted by molar-refractivity contribution is 7.89. The normalized spacial score (nSPS) is 12.1. The van der Waals surface area contributed by atoms with Crippen molar-refractivity contribution in [2.24, 2.45) is 5.14 Å². The number of fused-ring (bicyclic) bond motifs is 3. The van der Waals surface area contributed by atoms with Crippen LogP contribution in [-0.2, 0) is 10.0 Å². The van der Waals surface area contributed by atoms with Gasteiger partial charge in [0.05, 0.1) is 15.8 Å². The van der Waals surface area contributed by atoms with E-state index in [1.165, 1.54) is 6.20 Å². The predicted molar refractivity (Wildman–Crippen MR) is 110 cm³/mol. The van der Waals surface area contributed by atoms with Crippen LogP contribution in [0.3, 0.4) is 0 Å². The third-order valence-corrected chi connectivity index (χ3v) is 5.33. The molecule has 0 bridgehead atoms. The Hall–Kier alpha value is -3.43. The Morgan fingerprint density at radius 2 is 1.80 bits per heavy atom. The van der Waals surface area contributed by atoms with E-state index in [1.807, 2.05) is 37.3 Å². The number of nitrogens with two attached hydrogens (primary N) is 1. The highest BCUT2D eigenvalue weighted by atomic mass is 32.2. The van der Waals surface area contributed by atoms with Crippen LogP contribution in [0.15, 0.2) is 59.8 Å². The number of nitrogens with zero attached hydrogens (tertiary/aromatic N) is 2. The quantitative estimate of drug-likeness (QED) is 0.483. The van der Waals surface area contributed by atoms with Crippen LogP contribution in [0.4, 0.5) is 8.78 Å². The zero-order chi connectivity index (χ0) is 21.5. The summed E-state index contributed by atoms with van der Waals surface area (Å²) in [6, 6.07) is 8.47. The number of rotatable bonds is 4. The summed E-state index contributed by atoms with van der Waals surface area (Å²) in [5.41, 5.74) is 1.60. The molecule has 0 saturated carbocycles. The maximum absolute atomic E-state index is 14.4. The number of benzene rings is 2. The Kier molecular flexibility index (Phi) is 4.92. The van der Waals surface area contributed by atoms with Crippen molar-refractivity contribution >= 4 is 37.8 Å². The molecule has 0 unspecified atom stereocenters. The number of aromatic nitrogens is 2. The smallest absolute Gasteiger partial charge is 0.238 e. The Labute approximate surface area is 170 Å². The highest BCUT2D eigenvalue weighted by Crippen LogP contribution is 2.35. The summed E-state index contributed by atoms with van der Waals surface area (Å²) >= 11 is 0. The summed E-state index contributed by atoms with van der Waals surface area (Å²) in [5, 5.41) is 6.81.